The van der Waals surface area contributed by atoms with Crippen LogP contribution >= 0.6 is 0 Å². The summed E-state index contributed by atoms with van der Waals surface area (Å²) < 4.78 is 20.7. The number of furan rings is 1. The third kappa shape index (κ3) is 4.56. The number of pyridine rings is 1. The summed E-state index contributed by atoms with van der Waals surface area (Å²) in [5, 5.41) is 3.22. The van der Waals surface area contributed by atoms with Gasteiger partial charge in [-0.25, -0.2) is 4.39 Å². The lowest BCUT2D eigenvalue weighted by molar-refractivity contribution is 0.0938. The molecule has 0 radical (unpaired) electrons. The van der Waals surface area contributed by atoms with Gasteiger partial charge >= 0.3 is 0 Å². The number of aromatic nitrogens is 1. The fourth-order valence-electron chi connectivity index (χ4n) is 4.39. The highest BCUT2D eigenvalue weighted by Gasteiger charge is 2.23. The van der Waals surface area contributed by atoms with Crippen LogP contribution in [-0.4, -0.2) is 41.1 Å². The molecule has 0 bridgehead atoms. The quantitative estimate of drug-likeness (QED) is 0.654. The van der Waals surface area contributed by atoms with Crippen LogP contribution in [0.4, 0.5) is 4.39 Å². The summed E-state index contributed by atoms with van der Waals surface area (Å²) >= 11 is 0. The van der Waals surface area contributed by atoms with Gasteiger partial charge in [0.1, 0.15) is 17.2 Å². The van der Waals surface area contributed by atoms with Gasteiger partial charge in [0.2, 0.25) is 0 Å². The topological polar surface area (TPSA) is 67.5 Å². The van der Waals surface area contributed by atoms with Crippen molar-refractivity contribution >= 4 is 16.9 Å². The van der Waals surface area contributed by atoms with Gasteiger partial charge in [-0.15, -0.1) is 0 Å². The Balaban J connectivity index is 1.55. The Morgan fingerprint density at radius 3 is 2.90 bits per heavy atom. The Morgan fingerprint density at radius 2 is 2.13 bits per heavy atom. The molecule has 3 aromatic rings. The second-order valence-corrected chi connectivity index (χ2v) is 8.29. The van der Waals surface area contributed by atoms with Crippen LogP contribution in [0.3, 0.4) is 0 Å². The standard InChI is InChI=1S/C24H28FN3O3/c1-16-6-3-4-11-27(16)13-10-26-23(29)21-17(2)31-20-9-12-28(24(30)22(20)21)15-18-7-5-8-19(25)14-18/h5,7-9,12,14,16H,3-4,6,10-11,13,15H2,1-2H3,(H,26,29). The van der Waals surface area contributed by atoms with Gasteiger partial charge in [-0.3, -0.25) is 14.5 Å². The van der Waals surface area contributed by atoms with E-state index in [0.717, 1.165) is 13.1 Å². The van der Waals surface area contributed by atoms with E-state index in [0.29, 0.717) is 29.5 Å². The number of aryl methyl sites for hydroxylation is 1. The van der Waals surface area contributed by atoms with Crippen molar-refractivity contribution in [2.75, 3.05) is 19.6 Å². The summed E-state index contributed by atoms with van der Waals surface area (Å²) in [6.45, 7) is 6.47. The molecule has 7 heteroatoms. The number of rotatable bonds is 6. The predicted molar refractivity (Wildman–Crippen MR) is 118 cm³/mol. The van der Waals surface area contributed by atoms with Crippen molar-refractivity contribution in [3.05, 3.63) is 69.6 Å². The van der Waals surface area contributed by atoms with E-state index in [4.69, 9.17) is 4.42 Å². The summed E-state index contributed by atoms with van der Waals surface area (Å²) in [4.78, 5) is 28.5. The molecular weight excluding hydrogens is 397 g/mol. The number of fused-ring (bicyclic) bond motifs is 1. The van der Waals surface area contributed by atoms with Crippen LogP contribution < -0.4 is 10.9 Å². The Bertz CT molecular complexity index is 1150. The number of likely N-dealkylation sites (tertiary alicyclic amines) is 1. The van der Waals surface area contributed by atoms with E-state index in [-0.39, 0.29) is 34.8 Å². The molecule has 4 rings (SSSR count). The smallest absolute Gasteiger partial charge is 0.262 e. The molecule has 1 amide bonds. The van der Waals surface area contributed by atoms with E-state index in [1.165, 1.54) is 36.0 Å². The van der Waals surface area contributed by atoms with E-state index in [1.54, 1.807) is 31.3 Å². The first kappa shape index (κ1) is 21.3. The van der Waals surface area contributed by atoms with Crippen molar-refractivity contribution in [3.8, 4) is 0 Å². The van der Waals surface area contributed by atoms with Gasteiger partial charge in [-0.05, 0) is 57.0 Å². The first-order chi connectivity index (χ1) is 14.9. The molecule has 1 saturated heterocycles. The summed E-state index contributed by atoms with van der Waals surface area (Å²) in [5.74, 6) is -0.241. The molecule has 1 aliphatic heterocycles. The van der Waals surface area contributed by atoms with Crippen LogP contribution in [0.25, 0.3) is 11.0 Å². The van der Waals surface area contributed by atoms with Crippen molar-refractivity contribution in [1.82, 2.24) is 14.8 Å². The van der Waals surface area contributed by atoms with E-state index >= 15 is 0 Å². The van der Waals surface area contributed by atoms with Gasteiger partial charge in [0.25, 0.3) is 11.5 Å². The van der Waals surface area contributed by atoms with Crippen LogP contribution in [0.5, 0.6) is 0 Å². The lowest BCUT2D eigenvalue weighted by atomic mass is 10.0. The van der Waals surface area contributed by atoms with Crippen molar-refractivity contribution in [3.63, 3.8) is 0 Å². The maximum Gasteiger partial charge on any atom is 0.262 e. The Labute approximate surface area is 180 Å². The van der Waals surface area contributed by atoms with Gasteiger partial charge in [-0.2, -0.15) is 0 Å². The second kappa shape index (κ2) is 9.06. The van der Waals surface area contributed by atoms with E-state index in [1.807, 2.05) is 0 Å². The summed E-state index contributed by atoms with van der Waals surface area (Å²) in [6.07, 6.45) is 5.24. The number of hydrogen-bond donors (Lipinski definition) is 1. The van der Waals surface area contributed by atoms with E-state index < -0.39 is 0 Å². The summed E-state index contributed by atoms with van der Waals surface area (Å²) in [5.41, 5.74) is 1.00. The van der Waals surface area contributed by atoms with Gasteiger partial charge in [0.15, 0.2) is 0 Å². The summed E-state index contributed by atoms with van der Waals surface area (Å²) in [7, 11) is 0. The van der Waals surface area contributed by atoms with Crippen molar-refractivity contribution in [2.24, 2.45) is 0 Å². The molecule has 31 heavy (non-hydrogen) atoms. The minimum Gasteiger partial charge on any atom is -0.460 e. The lowest BCUT2D eigenvalue weighted by Gasteiger charge is -2.33. The van der Waals surface area contributed by atoms with Crippen LogP contribution in [0.1, 0.15) is 47.9 Å². The number of benzene rings is 1. The number of halogens is 1. The summed E-state index contributed by atoms with van der Waals surface area (Å²) in [6, 6.07) is 8.33. The normalized spacial score (nSPS) is 17.2. The molecule has 1 aliphatic rings. The van der Waals surface area contributed by atoms with Crippen LogP contribution in [0, 0.1) is 12.7 Å². The maximum absolute atomic E-state index is 13.5. The van der Waals surface area contributed by atoms with Crippen molar-refractivity contribution < 1.29 is 13.6 Å². The lowest BCUT2D eigenvalue weighted by Crippen LogP contribution is -2.42. The number of nitrogens with one attached hydrogen (secondary N) is 1. The number of piperidine rings is 1. The molecule has 0 saturated carbocycles. The monoisotopic (exact) mass is 425 g/mol. The van der Waals surface area contributed by atoms with E-state index in [2.05, 4.69) is 17.1 Å². The molecule has 164 valence electrons. The molecule has 2 aromatic heterocycles. The third-order valence-corrected chi connectivity index (χ3v) is 6.09. The molecule has 0 spiro atoms. The van der Waals surface area contributed by atoms with Crippen molar-refractivity contribution in [2.45, 2.75) is 45.7 Å². The largest absolute Gasteiger partial charge is 0.460 e. The molecule has 1 N–H and O–H groups in total. The zero-order valence-corrected chi connectivity index (χ0v) is 18.0. The minimum absolute atomic E-state index is 0.213. The molecule has 3 heterocycles. The molecule has 0 aliphatic carbocycles. The molecule has 6 nitrogen and oxygen atoms in total. The number of amides is 1. The predicted octanol–water partition coefficient (Wildman–Crippen LogP) is 3.69. The molecular formula is C24H28FN3O3. The average molecular weight is 426 g/mol. The van der Waals surface area contributed by atoms with Crippen LogP contribution in [-0.2, 0) is 6.54 Å². The Hall–Kier alpha value is -2.93. The fraction of sp³-hybridized carbons (Fsp3) is 0.417. The van der Waals surface area contributed by atoms with Crippen LogP contribution in [0.15, 0.2) is 45.7 Å². The number of carbonyl (C=O) groups excluding carboxylic acids is 1. The van der Waals surface area contributed by atoms with Gasteiger partial charge in [0, 0.05) is 25.3 Å². The first-order valence-electron chi connectivity index (χ1n) is 10.8. The number of carbonyl (C=O) groups is 1. The molecule has 1 fully saturated rings. The highest BCUT2D eigenvalue weighted by Crippen LogP contribution is 2.23. The zero-order valence-electron chi connectivity index (χ0n) is 18.0. The first-order valence-corrected chi connectivity index (χ1v) is 10.8. The van der Waals surface area contributed by atoms with E-state index in [9.17, 15) is 14.0 Å². The third-order valence-electron chi connectivity index (χ3n) is 6.09. The van der Waals surface area contributed by atoms with Gasteiger partial charge in [0.05, 0.1) is 17.5 Å². The number of nitrogens with zero attached hydrogens (tertiary/aromatic N) is 2. The Kier molecular flexibility index (Phi) is 6.23. The van der Waals surface area contributed by atoms with Gasteiger partial charge in [-0.1, -0.05) is 18.6 Å². The molecule has 1 atom stereocenters. The zero-order chi connectivity index (χ0) is 22.0. The number of hydrogen-bond acceptors (Lipinski definition) is 4. The average Bonchev–Trinajstić information content (AvgIpc) is 3.08. The molecule has 1 unspecified atom stereocenters. The highest BCUT2D eigenvalue weighted by atomic mass is 19.1. The second-order valence-electron chi connectivity index (χ2n) is 8.29. The Morgan fingerprint density at radius 1 is 1.29 bits per heavy atom. The van der Waals surface area contributed by atoms with Crippen molar-refractivity contribution in [1.29, 1.82) is 0 Å². The highest BCUT2D eigenvalue weighted by molar-refractivity contribution is 6.06. The SMILES string of the molecule is Cc1oc2ccn(Cc3cccc(F)c3)c(=O)c2c1C(=O)NCCN1CCCCC1C. The minimum atomic E-state index is -0.353. The van der Waals surface area contributed by atoms with Gasteiger partial charge < -0.3 is 14.3 Å². The molecule has 1 aromatic carbocycles. The maximum atomic E-state index is 13.5. The van der Waals surface area contributed by atoms with Crippen LogP contribution in [0.2, 0.25) is 0 Å². The fourth-order valence-corrected chi connectivity index (χ4v) is 4.39.